The first-order chi connectivity index (χ1) is 12.2. The number of nitrogens with one attached hydrogen (secondary N) is 1. The number of carbonyl (C=O) groups is 1. The first-order valence-corrected chi connectivity index (χ1v) is 9.60. The van der Waals surface area contributed by atoms with Crippen molar-refractivity contribution in [3.8, 4) is 5.75 Å². The third kappa shape index (κ3) is 5.36. The molecule has 2 aliphatic rings. The van der Waals surface area contributed by atoms with E-state index in [0.717, 1.165) is 37.3 Å². The molecule has 0 radical (unpaired) electrons. The van der Waals surface area contributed by atoms with E-state index in [1.54, 1.807) is 0 Å². The molecule has 0 aromatic heterocycles. The van der Waals surface area contributed by atoms with Gasteiger partial charge in [0.1, 0.15) is 11.9 Å². The predicted molar refractivity (Wildman–Crippen MR) is 99.2 cm³/mol. The maximum Gasteiger partial charge on any atom is 0.321 e. The Morgan fingerprint density at radius 3 is 2.40 bits per heavy atom. The smallest absolute Gasteiger partial charge is 0.321 e. The van der Waals surface area contributed by atoms with Crippen LogP contribution >= 0.6 is 0 Å². The van der Waals surface area contributed by atoms with Gasteiger partial charge in [-0.1, -0.05) is 32.1 Å². The molecule has 2 fully saturated rings. The van der Waals surface area contributed by atoms with Crippen LogP contribution in [-0.2, 0) is 4.74 Å². The fourth-order valence-corrected chi connectivity index (χ4v) is 3.61. The van der Waals surface area contributed by atoms with Crippen LogP contribution in [0, 0.1) is 0 Å². The Kier molecular flexibility index (Phi) is 6.56. The molecule has 0 bridgehead atoms. The lowest BCUT2D eigenvalue weighted by atomic mass is 9.96. The summed E-state index contributed by atoms with van der Waals surface area (Å²) in [5.74, 6) is 0.821. The summed E-state index contributed by atoms with van der Waals surface area (Å²) < 4.78 is 11.2. The van der Waals surface area contributed by atoms with Crippen LogP contribution in [0.2, 0.25) is 0 Å². The minimum Gasteiger partial charge on any atom is -0.488 e. The van der Waals surface area contributed by atoms with Crippen molar-refractivity contribution in [2.24, 2.45) is 0 Å². The summed E-state index contributed by atoms with van der Waals surface area (Å²) in [5.41, 5.74) is 0.803. The van der Waals surface area contributed by atoms with E-state index in [1.165, 1.54) is 32.1 Å². The van der Waals surface area contributed by atoms with Gasteiger partial charge in [-0.2, -0.15) is 0 Å². The number of carbonyl (C=O) groups excluding carboxylic acids is 1. The lowest BCUT2D eigenvalue weighted by molar-refractivity contribution is 0.141. The maximum absolute atomic E-state index is 12.5. The van der Waals surface area contributed by atoms with Crippen molar-refractivity contribution >= 4 is 11.7 Å². The number of rotatable bonds is 4. The van der Waals surface area contributed by atoms with Crippen LogP contribution in [0.25, 0.3) is 0 Å². The highest BCUT2D eigenvalue weighted by Crippen LogP contribution is 2.23. The highest BCUT2D eigenvalue weighted by Gasteiger charge is 2.21. The van der Waals surface area contributed by atoms with Crippen LogP contribution in [0.4, 0.5) is 10.5 Å². The second-order valence-corrected chi connectivity index (χ2v) is 7.17. The van der Waals surface area contributed by atoms with Crippen LogP contribution in [0.5, 0.6) is 5.75 Å². The van der Waals surface area contributed by atoms with Gasteiger partial charge < -0.3 is 19.7 Å². The Labute approximate surface area is 150 Å². The molecule has 5 heteroatoms. The first-order valence-electron chi connectivity index (χ1n) is 9.60. The quantitative estimate of drug-likeness (QED) is 0.877. The molecule has 3 rings (SSSR count). The van der Waals surface area contributed by atoms with E-state index < -0.39 is 0 Å². The molecular weight excluding hydrogens is 316 g/mol. The summed E-state index contributed by atoms with van der Waals surface area (Å²) in [4.78, 5) is 14.4. The van der Waals surface area contributed by atoms with Gasteiger partial charge in [0, 0.05) is 25.2 Å². The van der Waals surface area contributed by atoms with Gasteiger partial charge in [0.25, 0.3) is 0 Å². The van der Waals surface area contributed by atoms with Crippen molar-refractivity contribution in [1.82, 2.24) is 4.90 Å². The summed E-state index contributed by atoms with van der Waals surface area (Å²) in [6.07, 6.45) is 9.66. The van der Waals surface area contributed by atoms with Crippen LogP contribution in [-0.4, -0.2) is 43.3 Å². The SMILES string of the molecule is CN(C(=O)Nc1ccc(O[C@H]2CCOC2)cc1)C1CCCCCCC1. The van der Waals surface area contributed by atoms with Gasteiger partial charge in [-0.15, -0.1) is 0 Å². The molecule has 5 nitrogen and oxygen atoms in total. The average Bonchev–Trinajstić information content (AvgIpc) is 3.09. The summed E-state index contributed by atoms with van der Waals surface area (Å²) in [5, 5.41) is 3.00. The van der Waals surface area contributed by atoms with Crippen molar-refractivity contribution in [2.75, 3.05) is 25.6 Å². The van der Waals surface area contributed by atoms with Crippen LogP contribution in [0.15, 0.2) is 24.3 Å². The molecule has 1 saturated heterocycles. The Morgan fingerprint density at radius 1 is 1.08 bits per heavy atom. The van der Waals surface area contributed by atoms with Crippen molar-refractivity contribution in [3.63, 3.8) is 0 Å². The number of urea groups is 1. The Bertz CT molecular complexity index is 532. The van der Waals surface area contributed by atoms with Gasteiger partial charge in [0.15, 0.2) is 0 Å². The van der Waals surface area contributed by atoms with Gasteiger partial charge in [-0.05, 0) is 37.1 Å². The standard InChI is InChI=1S/C20H30N2O3/c1-22(17-7-5-3-2-4-6-8-17)20(23)21-16-9-11-18(12-10-16)25-19-13-14-24-15-19/h9-12,17,19H,2-8,13-15H2,1H3,(H,21,23)/t19-/m0/s1. The zero-order chi connectivity index (χ0) is 17.5. The lowest BCUT2D eigenvalue weighted by Gasteiger charge is -2.29. The third-order valence-corrected chi connectivity index (χ3v) is 5.24. The Morgan fingerprint density at radius 2 is 1.76 bits per heavy atom. The van der Waals surface area contributed by atoms with Crippen molar-refractivity contribution in [3.05, 3.63) is 24.3 Å². The third-order valence-electron chi connectivity index (χ3n) is 5.24. The molecule has 1 N–H and O–H groups in total. The van der Waals surface area contributed by atoms with E-state index in [-0.39, 0.29) is 12.1 Å². The second kappa shape index (κ2) is 9.09. The van der Waals surface area contributed by atoms with Gasteiger partial charge in [0.2, 0.25) is 0 Å². The Hall–Kier alpha value is -1.75. The molecule has 0 unspecified atom stereocenters. The number of amides is 2. The topological polar surface area (TPSA) is 50.8 Å². The monoisotopic (exact) mass is 346 g/mol. The van der Waals surface area contributed by atoms with E-state index in [2.05, 4.69) is 5.32 Å². The molecule has 1 atom stereocenters. The van der Waals surface area contributed by atoms with Gasteiger partial charge >= 0.3 is 6.03 Å². The van der Waals surface area contributed by atoms with E-state index in [1.807, 2.05) is 36.2 Å². The van der Waals surface area contributed by atoms with Gasteiger partial charge in [0.05, 0.1) is 13.2 Å². The zero-order valence-corrected chi connectivity index (χ0v) is 15.2. The molecule has 25 heavy (non-hydrogen) atoms. The van der Waals surface area contributed by atoms with Gasteiger partial charge in [-0.25, -0.2) is 4.79 Å². The fraction of sp³-hybridized carbons (Fsp3) is 0.650. The van der Waals surface area contributed by atoms with E-state index in [4.69, 9.17) is 9.47 Å². The molecule has 1 aliphatic carbocycles. The molecular formula is C20H30N2O3. The largest absolute Gasteiger partial charge is 0.488 e. The van der Waals surface area contributed by atoms with Crippen LogP contribution < -0.4 is 10.1 Å². The number of hydrogen-bond acceptors (Lipinski definition) is 3. The Balaban J connectivity index is 1.50. The predicted octanol–water partition coefficient (Wildman–Crippen LogP) is 4.43. The normalized spacial score (nSPS) is 22.0. The molecule has 1 aliphatic heterocycles. The minimum atomic E-state index is -0.0246. The number of hydrogen-bond donors (Lipinski definition) is 1. The molecule has 1 aromatic rings. The maximum atomic E-state index is 12.5. The van der Waals surface area contributed by atoms with Crippen molar-refractivity contribution in [1.29, 1.82) is 0 Å². The van der Waals surface area contributed by atoms with Crippen LogP contribution in [0.1, 0.15) is 51.4 Å². The summed E-state index contributed by atoms with van der Waals surface area (Å²) in [6.45, 7) is 1.43. The van der Waals surface area contributed by atoms with Crippen molar-refractivity contribution < 1.29 is 14.3 Å². The van der Waals surface area contributed by atoms with E-state index in [9.17, 15) is 4.79 Å². The highest BCUT2D eigenvalue weighted by molar-refractivity contribution is 5.89. The lowest BCUT2D eigenvalue weighted by Crippen LogP contribution is -2.40. The molecule has 138 valence electrons. The number of anilines is 1. The minimum absolute atomic E-state index is 0.0246. The second-order valence-electron chi connectivity index (χ2n) is 7.17. The highest BCUT2D eigenvalue weighted by atomic mass is 16.5. The molecule has 1 heterocycles. The molecule has 1 saturated carbocycles. The summed E-state index contributed by atoms with van der Waals surface area (Å²) in [7, 11) is 1.92. The molecule has 1 aromatic carbocycles. The summed E-state index contributed by atoms with van der Waals surface area (Å²) >= 11 is 0. The summed E-state index contributed by atoms with van der Waals surface area (Å²) in [6, 6.07) is 7.94. The number of benzene rings is 1. The van der Waals surface area contributed by atoms with E-state index in [0.29, 0.717) is 12.6 Å². The number of nitrogens with zero attached hydrogens (tertiary/aromatic N) is 1. The fourth-order valence-electron chi connectivity index (χ4n) is 3.61. The zero-order valence-electron chi connectivity index (χ0n) is 15.2. The van der Waals surface area contributed by atoms with Crippen LogP contribution in [0.3, 0.4) is 0 Å². The molecule has 0 spiro atoms. The molecule has 2 amide bonds. The van der Waals surface area contributed by atoms with E-state index >= 15 is 0 Å². The van der Waals surface area contributed by atoms with Crippen molar-refractivity contribution in [2.45, 2.75) is 63.5 Å². The first kappa shape index (κ1) is 18.1. The number of ether oxygens (including phenoxy) is 2. The van der Waals surface area contributed by atoms with Gasteiger partial charge in [-0.3, -0.25) is 0 Å². The average molecular weight is 346 g/mol.